The third-order valence-corrected chi connectivity index (χ3v) is 8.65. The smallest absolute Gasteiger partial charge is 0.335 e. The van der Waals surface area contributed by atoms with Gasteiger partial charge < -0.3 is 19.5 Å². The number of likely N-dealkylation sites (tertiary alicyclic amines) is 1. The number of carboxylic acid groups (broad SMARTS) is 1. The Morgan fingerprint density at radius 3 is 2.57 bits per heavy atom. The zero-order valence-corrected chi connectivity index (χ0v) is 20.9. The molecule has 2 aromatic carbocycles. The Bertz CT molecular complexity index is 1240. The first kappa shape index (κ1) is 22.7. The van der Waals surface area contributed by atoms with Gasteiger partial charge in [-0.2, -0.15) is 0 Å². The van der Waals surface area contributed by atoms with E-state index in [0.717, 1.165) is 37.6 Å². The summed E-state index contributed by atoms with van der Waals surface area (Å²) in [5.41, 5.74) is 6.91. The fourth-order valence-electron chi connectivity index (χ4n) is 6.85. The highest BCUT2D eigenvalue weighted by atomic mass is 16.4. The molecule has 1 saturated carbocycles. The standard InChI is InChI=1S/C30H37N3O2/c1-21-13-14-31(20-21)15-16-32-17-18-33-27-19-23(30(34)35)11-12-24(27)28(22-7-3-2-4-8-22)29(33)25-9-5-6-10-26(25)32/h5-6,9-12,19,21-22H,2-4,7-8,13-18,20H2,1H3,(H,34,35). The minimum absolute atomic E-state index is 0.380. The molecule has 3 heterocycles. The van der Waals surface area contributed by atoms with Crippen LogP contribution < -0.4 is 4.90 Å². The summed E-state index contributed by atoms with van der Waals surface area (Å²) in [6, 6.07) is 14.7. The van der Waals surface area contributed by atoms with Gasteiger partial charge in [-0.1, -0.05) is 50.5 Å². The molecule has 35 heavy (non-hydrogen) atoms. The van der Waals surface area contributed by atoms with Crippen LogP contribution in [0, 0.1) is 5.92 Å². The number of rotatable bonds is 5. The van der Waals surface area contributed by atoms with Gasteiger partial charge in [0.1, 0.15) is 0 Å². The maximum absolute atomic E-state index is 11.9. The number of para-hydroxylation sites is 1. The van der Waals surface area contributed by atoms with Crippen molar-refractivity contribution in [3.8, 4) is 11.3 Å². The molecule has 5 heteroatoms. The Kier molecular flexibility index (Phi) is 6.05. The lowest BCUT2D eigenvalue weighted by Crippen LogP contribution is -2.35. The second-order valence-electron chi connectivity index (χ2n) is 11.0. The van der Waals surface area contributed by atoms with Gasteiger partial charge in [0.05, 0.1) is 11.3 Å². The fraction of sp³-hybridized carbons (Fsp3) is 0.500. The van der Waals surface area contributed by atoms with Crippen molar-refractivity contribution in [3.63, 3.8) is 0 Å². The van der Waals surface area contributed by atoms with Gasteiger partial charge in [0.25, 0.3) is 0 Å². The molecule has 0 amide bonds. The molecule has 1 atom stereocenters. The molecule has 6 rings (SSSR count). The molecule has 0 bridgehead atoms. The summed E-state index contributed by atoms with van der Waals surface area (Å²) in [6.07, 6.45) is 7.66. The first-order chi connectivity index (χ1) is 17.1. The number of hydrogen-bond acceptors (Lipinski definition) is 3. The van der Waals surface area contributed by atoms with Crippen molar-refractivity contribution < 1.29 is 9.90 Å². The first-order valence-corrected chi connectivity index (χ1v) is 13.6. The van der Waals surface area contributed by atoms with Crippen molar-refractivity contribution in [2.45, 2.75) is 57.9 Å². The average Bonchev–Trinajstić information content (AvgIpc) is 3.40. The molecule has 2 fully saturated rings. The molecule has 0 spiro atoms. The Morgan fingerprint density at radius 1 is 0.971 bits per heavy atom. The number of aromatic carboxylic acids is 1. The van der Waals surface area contributed by atoms with Crippen molar-refractivity contribution in [2.24, 2.45) is 5.92 Å². The zero-order chi connectivity index (χ0) is 23.9. The molecule has 1 N–H and O–H groups in total. The van der Waals surface area contributed by atoms with Gasteiger partial charge in [0.15, 0.2) is 0 Å². The van der Waals surface area contributed by atoms with Crippen LogP contribution in [0.25, 0.3) is 22.2 Å². The highest BCUT2D eigenvalue weighted by Crippen LogP contribution is 2.47. The predicted octanol–water partition coefficient (Wildman–Crippen LogP) is 6.22. The Morgan fingerprint density at radius 2 is 1.80 bits per heavy atom. The van der Waals surface area contributed by atoms with Gasteiger partial charge >= 0.3 is 5.97 Å². The zero-order valence-electron chi connectivity index (χ0n) is 20.9. The topological polar surface area (TPSA) is 48.7 Å². The second-order valence-corrected chi connectivity index (χ2v) is 11.0. The summed E-state index contributed by atoms with van der Waals surface area (Å²) < 4.78 is 2.45. The van der Waals surface area contributed by atoms with E-state index in [1.807, 2.05) is 6.07 Å². The summed E-state index contributed by atoms with van der Waals surface area (Å²) in [5.74, 6) is 0.501. The first-order valence-electron chi connectivity index (χ1n) is 13.6. The summed E-state index contributed by atoms with van der Waals surface area (Å²) in [7, 11) is 0. The Labute approximate surface area is 208 Å². The largest absolute Gasteiger partial charge is 0.478 e. The van der Waals surface area contributed by atoms with Crippen LogP contribution >= 0.6 is 0 Å². The maximum atomic E-state index is 11.9. The van der Waals surface area contributed by atoms with Crippen LogP contribution in [0.5, 0.6) is 0 Å². The SMILES string of the molecule is CC1CCN(CCN2CCn3c(c(C4CCCCC4)c4ccc(C(=O)O)cc43)-c3ccccc32)C1. The van der Waals surface area contributed by atoms with E-state index in [4.69, 9.17) is 0 Å². The van der Waals surface area contributed by atoms with Crippen molar-refractivity contribution in [1.29, 1.82) is 0 Å². The van der Waals surface area contributed by atoms with Crippen LogP contribution in [-0.4, -0.2) is 53.3 Å². The van der Waals surface area contributed by atoms with Crippen molar-refractivity contribution in [3.05, 3.63) is 53.6 Å². The van der Waals surface area contributed by atoms with Crippen LogP contribution in [0.4, 0.5) is 5.69 Å². The van der Waals surface area contributed by atoms with E-state index < -0.39 is 5.97 Å². The van der Waals surface area contributed by atoms with Crippen LogP contribution in [-0.2, 0) is 6.54 Å². The van der Waals surface area contributed by atoms with E-state index in [0.29, 0.717) is 11.5 Å². The summed E-state index contributed by atoms with van der Waals surface area (Å²) in [6.45, 7) is 8.75. The molecule has 1 saturated heterocycles. The van der Waals surface area contributed by atoms with Crippen LogP contribution in [0.2, 0.25) is 0 Å². The summed E-state index contributed by atoms with van der Waals surface area (Å²) >= 11 is 0. The number of anilines is 1. The number of aromatic nitrogens is 1. The van der Waals surface area contributed by atoms with Crippen LogP contribution in [0.3, 0.4) is 0 Å². The van der Waals surface area contributed by atoms with E-state index >= 15 is 0 Å². The van der Waals surface area contributed by atoms with E-state index in [1.165, 1.54) is 79.5 Å². The number of carboxylic acids is 1. The third-order valence-electron chi connectivity index (χ3n) is 8.65. The van der Waals surface area contributed by atoms with E-state index in [9.17, 15) is 9.90 Å². The van der Waals surface area contributed by atoms with Crippen LogP contribution in [0.15, 0.2) is 42.5 Å². The highest BCUT2D eigenvalue weighted by molar-refractivity contribution is 5.99. The fourth-order valence-corrected chi connectivity index (χ4v) is 6.85. The molecule has 184 valence electrons. The molecular weight excluding hydrogens is 434 g/mol. The van der Waals surface area contributed by atoms with Gasteiger partial charge in [-0.05, 0) is 61.4 Å². The number of carbonyl (C=O) groups is 1. The van der Waals surface area contributed by atoms with Crippen molar-refractivity contribution >= 4 is 22.6 Å². The second kappa shape index (κ2) is 9.34. The molecule has 1 unspecified atom stereocenters. The quantitative estimate of drug-likeness (QED) is 0.480. The monoisotopic (exact) mass is 471 g/mol. The van der Waals surface area contributed by atoms with E-state index in [1.54, 1.807) is 6.07 Å². The summed E-state index contributed by atoms with van der Waals surface area (Å²) in [5, 5.41) is 11.0. The third kappa shape index (κ3) is 4.14. The van der Waals surface area contributed by atoms with E-state index in [2.05, 4.69) is 51.6 Å². The lowest BCUT2D eigenvalue weighted by Gasteiger charge is -2.28. The highest BCUT2D eigenvalue weighted by Gasteiger charge is 2.30. The van der Waals surface area contributed by atoms with Crippen LogP contribution in [0.1, 0.15) is 67.3 Å². The van der Waals surface area contributed by atoms with Crippen molar-refractivity contribution in [1.82, 2.24) is 9.47 Å². The molecule has 5 nitrogen and oxygen atoms in total. The minimum Gasteiger partial charge on any atom is -0.478 e. The molecule has 3 aliphatic rings. The number of benzene rings is 2. The Balaban J connectivity index is 1.46. The molecule has 1 aliphatic carbocycles. The number of hydrogen-bond donors (Lipinski definition) is 1. The maximum Gasteiger partial charge on any atom is 0.335 e. The van der Waals surface area contributed by atoms with Gasteiger partial charge in [0.2, 0.25) is 0 Å². The van der Waals surface area contributed by atoms with Gasteiger partial charge in [-0.3, -0.25) is 0 Å². The normalized spacial score (nSPS) is 21.2. The number of nitrogens with zero attached hydrogens (tertiary/aromatic N) is 3. The molecule has 1 aromatic heterocycles. The average molecular weight is 472 g/mol. The Hall–Kier alpha value is -2.79. The van der Waals surface area contributed by atoms with Gasteiger partial charge in [0, 0.05) is 54.9 Å². The minimum atomic E-state index is -0.850. The van der Waals surface area contributed by atoms with Gasteiger partial charge in [-0.25, -0.2) is 4.79 Å². The molecule has 2 aliphatic heterocycles. The lowest BCUT2D eigenvalue weighted by molar-refractivity contribution is 0.0697. The van der Waals surface area contributed by atoms with Crippen molar-refractivity contribution in [2.75, 3.05) is 37.6 Å². The predicted molar refractivity (Wildman–Crippen MR) is 143 cm³/mol. The van der Waals surface area contributed by atoms with Gasteiger partial charge in [-0.15, -0.1) is 0 Å². The molecule has 0 radical (unpaired) electrons. The summed E-state index contributed by atoms with van der Waals surface area (Å²) in [4.78, 5) is 17.0. The molecular formula is C30H37N3O2. The lowest BCUT2D eigenvalue weighted by atomic mass is 9.81. The molecule has 3 aromatic rings. The van der Waals surface area contributed by atoms with E-state index in [-0.39, 0.29) is 0 Å². The number of fused-ring (bicyclic) bond motifs is 5.